The molecule has 3 aliphatic carbocycles. The van der Waals surface area contributed by atoms with Gasteiger partial charge in [-0.15, -0.1) is 0 Å². The molecule has 2 heterocycles. The van der Waals surface area contributed by atoms with Gasteiger partial charge in [0, 0.05) is 19.4 Å². The van der Waals surface area contributed by atoms with Gasteiger partial charge in [-0.2, -0.15) is 0 Å². The van der Waals surface area contributed by atoms with Crippen LogP contribution in [0.4, 0.5) is 0 Å². The molecule has 10 unspecified atom stereocenters. The third-order valence-corrected chi connectivity index (χ3v) is 8.33. The Morgan fingerprint density at radius 3 is 2.47 bits per heavy atom. The number of benzene rings is 1. The van der Waals surface area contributed by atoms with E-state index in [1.165, 1.54) is 31.4 Å². The summed E-state index contributed by atoms with van der Waals surface area (Å²) in [4.78, 5) is 25.9. The summed E-state index contributed by atoms with van der Waals surface area (Å²) >= 11 is 0. The van der Waals surface area contributed by atoms with Crippen LogP contribution in [-0.2, 0) is 28.5 Å². The molecule has 5 aliphatic rings. The van der Waals surface area contributed by atoms with Crippen LogP contribution in [0.15, 0.2) is 24.3 Å². The van der Waals surface area contributed by atoms with E-state index in [0.717, 1.165) is 0 Å². The number of aliphatic hydroxyl groups is 4. The first-order valence-corrected chi connectivity index (χ1v) is 11.7. The molecule has 0 aromatic heterocycles. The number of hydrogen-bond acceptors (Lipinski definition) is 12. The van der Waals surface area contributed by atoms with Crippen LogP contribution in [-0.4, -0.2) is 106 Å². The van der Waals surface area contributed by atoms with Crippen LogP contribution in [0.3, 0.4) is 0 Å². The molecule has 5 N–H and O–H groups in total. The van der Waals surface area contributed by atoms with Crippen LogP contribution in [0.25, 0.3) is 0 Å². The molecule has 0 radical (unpaired) electrons. The smallest absolute Gasteiger partial charge is 0.338 e. The van der Waals surface area contributed by atoms with Gasteiger partial charge in [0.15, 0.2) is 12.6 Å². The number of ether oxygens (including phenoxy) is 5. The minimum absolute atomic E-state index is 0.0180. The number of methoxy groups -OCH3 is 1. The molecule has 5 fully saturated rings. The number of hydrogen-bond donors (Lipinski definition) is 5. The van der Waals surface area contributed by atoms with Gasteiger partial charge in [0.1, 0.15) is 53.8 Å². The molecule has 198 valence electrons. The van der Waals surface area contributed by atoms with Gasteiger partial charge in [0.05, 0.1) is 17.6 Å². The quantitative estimate of drug-likeness (QED) is 0.278. The molecule has 12 heteroatoms. The Balaban J connectivity index is 1.48. The highest BCUT2D eigenvalue weighted by atomic mass is 16.8. The van der Waals surface area contributed by atoms with Gasteiger partial charge in [-0.1, -0.05) is 0 Å². The number of Topliss-reactive ketones (excluding diaryl/α,β-unsaturated/α-hetero) is 1. The molecule has 1 aromatic rings. The number of ketones is 1. The minimum atomic E-state index is -1.67. The van der Waals surface area contributed by atoms with Gasteiger partial charge < -0.3 is 49.2 Å². The van der Waals surface area contributed by atoms with E-state index in [1.54, 1.807) is 6.92 Å². The lowest BCUT2D eigenvalue weighted by atomic mass is 9.41. The van der Waals surface area contributed by atoms with Gasteiger partial charge in [0.2, 0.25) is 0 Å². The summed E-state index contributed by atoms with van der Waals surface area (Å²) in [6.45, 7) is 0.706. The summed E-state index contributed by atoms with van der Waals surface area (Å²) < 4.78 is 29.4. The fourth-order valence-electron chi connectivity index (χ4n) is 6.41. The number of carbonyl (C=O) groups is 2. The van der Waals surface area contributed by atoms with Crippen molar-refractivity contribution in [3.8, 4) is 5.75 Å². The van der Waals surface area contributed by atoms with E-state index in [9.17, 15) is 35.1 Å². The summed E-state index contributed by atoms with van der Waals surface area (Å²) in [6.07, 6.45) is -8.46. The maximum Gasteiger partial charge on any atom is 0.338 e. The summed E-state index contributed by atoms with van der Waals surface area (Å²) in [5.41, 5.74) is -3.69. The Labute approximate surface area is 206 Å². The molecule has 2 saturated heterocycles. The number of fused-ring (bicyclic) bond motifs is 1. The molecule has 0 spiro atoms. The zero-order valence-electron chi connectivity index (χ0n) is 19.8. The van der Waals surface area contributed by atoms with Crippen molar-refractivity contribution < 1.29 is 58.8 Å². The lowest BCUT2D eigenvalue weighted by Crippen LogP contribution is -2.80. The van der Waals surface area contributed by atoms with Gasteiger partial charge in [-0.05, 0) is 37.6 Å². The monoisotopic (exact) mass is 510 g/mol. The zero-order chi connectivity index (χ0) is 26.0. The van der Waals surface area contributed by atoms with Gasteiger partial charge in [0.25, 0.3) is 0 Å². The second-order valence-corrected chi connectivity index (χ2v) is 10.1. The fourth-order valence-corrected chi connectivity index (χ4v) is 6.41. The Bertz CT molecular complexity index is 1030. The Kier molecular flexibility index (Phi) is 6.16. The van der Waals surface area contributed by atoms with Crippen LogP contribution in [0.1, 0.15) is 30.1 Å². The number of phenols is 1. The molecule has 36 heavy (non-hydrogen) atoms. The first-order valence-electron chi connectivity index (χ1n) is 11.7. The molecule has 1 aromatic carbocycles. The topological polar surface area (TPSA) is 181 Å². The lowest BCUT2D eigenvalue weighted by Gasteiger charge is -2.66. The number of rotatable bonds is 7. The Morgan fingerprint density at radius 2 is 1.83 bits per heavy atom. The van der Waals surface area contributed by atoms with E-state index in [4.69, 9.17) is 23.7 Å². The SMILES string of the molecule is COC1OC2(C)CC(=O)C3CC2(OC2OC(CO)C(O)C(O)C2O)C13COC(=O)c1ccc(O)cc1. The number of aliphatic hydroxyl groups excluding tert-OH is 4. The Hall–Kier alpha value is -2.16. The van der Waals surface area contributed by atoms with Crippen molar-refractivity contribution in [3.05, 3.63) is 29.8 Å². The molecule has 12 nitrogen and oxygen atoms in total. The molecule has 6 rings (SSSR count). The van der Waals surface area contributed by atoms with E-state index in [1.807, 2.05) is 0 Å². The second kappa shape index (κ2) is 8.71. The molecule has 0 amide bonds. The lowest BCUT2D eigenvalue weighted by molar-refractivity contribution is -0.381. The third-order valence-electron chi connectivity index (χ3n) is 8.33. The predicted molar refractivity (Wildman–Crippen MR) is 116 cm³/mol. The summed E-state index contributed by atoms with van der Waals surface area (Å²) in [5.74, 6) is -1.48. The molecule has 2 aliphatic heterocycles. The van der Waals surface area contributed by atoms with E-state index in [2.05, 4.69) is 0 Å². The molecule has 3 saturated carbocycles. The van der Waals surface area contributed by atoms with Crippen LogP contribution < -0.4 is 0 Å². The summed E-state index contributed by atoms with van der Waals surface area (Å²) in [6, 6.07) is 5.47. The van der Waals surface area contributed by atoms with Crippen molar-refractivity contribution in [2.75, 3.05) is 20.3 Å². The molecule has 10 atom stereocenters. The van der Waals surface area contributed by atoms with E-state index in [-0.39, 0.29) is 36.5 Å². The van der Waals surface area contributed by atoms with Crippen LogP contribution >= 0.6 is 0 Å². The second-order valence-electron chi connectivity index (χ2n) is 10.1. The first kappa shape index (κ1) is 25.5. The minimum Gasteiger partial charge on any atom is -0.508 e. The van der Waals surface area contributed by atoms with Crippen molar-refractivity contribution in [1.82, 2.24) is 0 Å². The Morgan fingerprint density at radius 1 is 1.14 bits per heavy atom. The highest BCUT2D eigenvalue weighted by molar-refractivity contribution is 5.90. The fraction of sp³-hybridized carbons (Fsp3) is 0.667. The van der Waals surface area contributed by atoms with Gasteiger partial charge in [-0.25, -0.2) is 4.79 Å². The largest absolute Gasteiger partial charge is 0.508 e. The first-order chi connectivity index (χ1) is 17.0. The van der Waals surface area contributed by atoms with E-state index >= 15 is 0 Å². The molecule has 4 bridgehead atoms. The number of aromatic hydroxyl groups is 1. The third kappa shape index (κ3) is 3.30. The predicted octanol–water partition coefficient (Wildman–Crippen LogP) is -1.16. The summed E-state index contributed by atoms with van der Waals surface area (Å²) in [5, 5.41) is 50.1. The van der Waals surface area contributed by atoms with Gasteiger partial charge in [-0.3, -0.25) is 4.79 Å². The van der Waals surface area contributed by atoms with E-state index in [0.29, 0.717) is 0 Å². The maximum atomic E-state index is 13.1. The molecular weight excluding hydrogens is 480 g/mol. The number of phenolic OH excluding ortho intramolecular Hbond substituents is 1. The summed E-state index contributed by atoms with van der Waals surface area (Å²) in [7, 11) is 1.39. The highest BCUT2D eigenvalue weighted by Gasteiger charge is 2.87. The van der Waals surface area contributed by atoms with Crippen molar-refractivity contribution >= 4 is 11.8 Å². The highest BCUT2D eigenvalue weighted by Crippen LogP contribution is 2.74. The average molecular weight is 510 g/mol. The van der Waals surface area contributed by atoms with Crippen molar-refractivity contribution in [2.45, 2.75) is 68.0 Å². The van der Waals surface area contributed by atoms with Crippen LogP contribution in [0.2, 0.25) is 0 Å². The number of carbonyl (C=O) groups excluding carboxylic acids is 2. The van der Waals surface area contributed by atoms with Crippen molar-refractivity contribution in [2.24, 2.45) is 11.3 Å². The van der Waals surface area contributed by atoms with Crippen molar-refractivity contribution in [3.63, 3.8) is 0 Å². The van der Waals surface area contributed by atoms with Gasteiger partial charge >= 0.3 is 5.97 Å². The maximum absolute atomic E-state index is 13.1. The van der Waals surface area contributed by atoms with E-state index < -0.39 is 72.1 Å². The normalized spacial score (nSPS) is 45.3. The standard InChI is InChI=1S/C24H30O12/c1-22-8-14(27)13-7-24(22,35-20-18(30)17(29)16(28)15(9-25)34-20)23(13,21(32-2)36-22)10-33-19(31)11-3-5-12(26)6-4-11/h3-6,13,15-18,20-21,25-26,28-30H,7-10H2,1-2H3. The van der Waals surface area contributed by atoms with Crippen LogP contribution in [0, 0.1) is 11.3 Å². The zero-order valence-corrected chi connectivity index (χ0v) is 19.8. The molecular formula is C24H30O12. The number of esters is 1. The van der Waals surface area contributed by atoms with Crippen molar-refractivity contribution in [1.29, 1.82) is 0 Å². The average Bonchev–Trinajstić information content (AvgIpc) is 2.93. The van der Waals surface area contributed by atoms with Crippen LogP contribution in [0.5, 0.6) is 5.75 Å².